The molecule has 3 heterocycles. The maximum absolute atomic E-state index is 12.5. The molecular formula is C21H29N7O4S2. The topological polar surface area (TPSA) is 142 Å². The molecule has 1 saturated heterocycles. The largest absolute Gasteiger partial charge is 0.465 e. The number of anilines is 1. The molecule has 1 atom stereocenters. The summed E-state index contributed by atoms with van der Waals surface area (Å²) in [7, 11) is 1.85. The van der Waals surface area contributed by atoms with Gasteiger partial charge in [-0.1, -0.05) is 31.0 Å². The van der Waals surface area contributed by atoms with E-state index in [0.717, 1.165) is 23.4 Å². The second-order valence-electron chi connectivity index (χ2n) is 8.59. The van der Waals surface area contributed by atoms with Gasteiger partial charge >= 0.3 is 6.09 Å². The van der Waals surface area contributed by atoms with Gasteiger partial charge in [0, 0.05) is 25.0 Å². The molecule has 184 valence electrons. The quantitative estimate of drug-likeness (QED) is 0.463. The fraction of sp³-hybridized carbons (Fsp3) is 0.619. The zero-order chi connectivity index (χ0) is 24.1. The smallest absolute Gasteiger partial charge is 0.407 e. The molecule has 3 amide bonds. The number of amides is 3. The summed E-state index contributed by atoms with van der Waals surface area (Å²) < 4.78 is 1.85. The van der Waals surface area contributed by atoms with Crippen LogP contribution in [0.4, 0.5) is 9.93 Å². The number of hydrogen-bond acceptors (Lipinski definition) is 8. The van der Waals surface area contributed by atoms with Crippen LogP contribution in [0.5, 0.6) is 0 Å². The van der Waals surface area contributed by atoms with Gasteiger partial charge in [-0.15, -0.1) is 21.5 Å². The molecule has 2 fully saturated rings. The zero-order valence-corrected chi connectivity index (χ0v) is 20.7. The molecule has 13 heteroatoms. The maximum atomic E-state index is 12.5. The van der Waals surface area contributed by atoms with Gasteiger partial charge < -0.3 is 20.3 Å². The van der Waals surface area contributed by atoms with Crippen LogP contribution < -0.4 is 10.6 Å². The first kappa shape index (κ1) is 24.5. The second-order valence-corrected chi connectivity index (χ2v) is 10.4. The van der Waals surface area contributed by atoms with E-state index in [2.05, 4.69) is 25.8 Å². The van der Waals surface area contributed by atoms with E-state index in [1.807, 2.05) is 17.0 Å². The minimum absolute atomic E-state index is 0.0186. The highest BCUT2D eigenvalue weighted by Gasteiger charge is 2.34. The number of hydrogen-bond donors (Lipinski definition) is 3. The van der Waals surface area contributed by atoms with Crippen molar-refractivity contribution in [1.82, 2.24) is 30.0 Å². The Balaban J connectivity index is 1.28. The molecule has 0 bridgehead atoms. The molecule has 3 N–H and O–H groups in total. The van der Waals surface area contributed by atoms with Crippen molar-refractivity contribution >= 4 is 46.1 Å². The minimum Gasteiger partial charge on any atom is -0.465 e. The summed E-state index contributed by atoms with van der Waals surface area (Å²) in [5.74, 6) is 0.657. The number of thiazole rings is 1. The summed E-state index contributed by atoms with van der Waals surface area (Å²) in [5.41, 5.74) is 0.726. The first-order valence-electron chi connectivity index (χ1n) is 11.5. The molecule has 0 radical (unpaired) electrons. The van der Waals surface area contributed by atoms with Crippen LogP contribution in [0.1, 0.15) is 56.5 Å². The van der Waals surface area contributed by atoms with Crippen LogP contribution >= 0.6 is 23.1 Å². The monoisotopic (exact) mass is 507 g/mol. The second kappa shape index (κ2) is 11.2. The molecule has 1 saturated carbocycles. The van der Waals surface area contributed by atoms with Crippen LogP contribution in [0.15, 0.2) is 10.5 Å². The lowest BCUT2D eigenvalue weighted by Gasteiger charge is -2.22. The van der Waals surface area contributed by atoms with E-state index in [1.54, 1.807) is 0 Å². The van der Waals surface area contributed by atoms with Gasteiger partial charge in [0.05, 0.1) is 17.9 Å². The fourth-order valence-corrected chi connectivity index (χ4v) is 5.79. The Morgan fingerprint density at radius 2 is 1.97 bits per heavy atom. The van der Waals surface area contributed by atoms with E-state index < -0.39 is 12.1 Å². The highest BCUT2D eigenvalue weighted by molar-refractivity contribution is 7.99. The number of carboxylic acid groups (broad SMARTS) is 1. The van der Waals surface area contributed by atoms with E-state index in [-0.39, 0.29) is 17.9 Å². The molecule has 1 unspecified atom stereocenters. The first-order chi connectivity index (χ1) is 16.4. The normalized spacial score (nSPS) is 18.7. The molecule has 34 heavy (non-hydrogen) atoms. The predicted octanol–water partition coefficient (Wildman–Crippen LogP) is 2.48. The molecule has 0 aromatic carbocycles. The Kier molecular flexibility index (Phi) is 8.03. The molecule has 0 spiro atoms. The van der Waals surface area contributed by atoms with Crippen molar-refractivity contribution < 1.29 is 19.5 Å². The lowest BCUT2D eigenvalue weighted by Crippen LogP contribution is -2.42. The van der Waals surface area contributed by atoms with Crippen molar-refractivity contribution in [3.63, 3.8) is 0 Å². The summed E-state index contributed by atoms with van der Waals surface area (Å²) in [4.78, 5) is 41.7. The predicted molar refractivity (Wildman–Crippen MR) is 128 cm³/mol. The standard InChI is InChI=1S/C21H29N7O4S2/c1-27-16(25-26-20(27)34-12-17(29)22-13-6-3-2-4-7-13)10-14-11-33-19(23-14)24-18(30)15-8-5-9-28(15)21(31)32/h11,13,15H,2-10,12H2,1H3,(H,22,29)(H,31,32)(H,23,24,30). The molecule has 1 aliphatic carbocycles. The number of aromatic nitrogens is 4. The average Bonchev–Trinajstić information content (AvgIpc) is 3.55. The van der Waals surface area contributed by atoms with Gasteiger partial charge in [0.1, 0.15) is 11.9 Å². The molecule has 11 nitrogen and oxygen atoms in total. The number of nitrogens with one attached hydrogen (secondary N) is 2. The maximum Gasteiger partial charge on any atom is 0.407 e. The zero-order valence-electron chi connectivity index (χ0n) is 19.0. The van der Waals surface area contributed by atoms with E-state index in [1.165, 1.54) is 42.4 Å². The molecule has 2 aromatic rings. The summed E-state index contributed by atoms with van der Waals surface area (Å²) in [5, 5.41) is 26.4. The average molecular weight is 508 g/mol. The van der Waals surface area contributed by atoms with Crippen molar-refractivity contribution in [2.45, 2.75) is 68.6 Å². The van der Waals surface area contributed by atoms with E-state index in [9.17, 15) is 19.5 Å². The third-order valence-corrected chi connectivity index (χ3v) is 7.98. The number of thioether (sulfide) groups is 1. The fourth-order valence-electron chi connectivity index (χ4n) is 4.34. The van der Waals surface area contributed by atoms with Crippen molar-refractivity contribution in [3.8, 4) is 0 Å². The van der Waals surface area contributed by atoms with Gasteiger partial charge in [-0.05, 0) is 25.7 Å². The van der Waals surface area contributed by atoms with Crippen molar-refractivity contribution in [2.75, 3.05) is 17.6 Å². The number of likely N-dealkylation sites (tertiary alicyclic amines) is 1. The van der Waals surface area contributed by atoms with Crippen LogP contribution in [0.2, 0.25) is 0 Å². The Morgan fingerprint density at radius 1 is 1.18 bits per heavy atom. The molecule has 2 aromatic heterocycles. The number of nitrogens with zero attached hydrogens (tertiary/aromatic N) is 5. The summed E-state index contributed by atoms with van der Waals surface area (Å²) in [6.45, 7) is 0.366. The van der Waals surface area contributed by atoms with Crippen molar-refractivity contribution in [2.24, 2.45) is 7.05 Å². The molecule has 2 aliphatic rings. The third-order valence-electron chi connectivity index (χ3n) is 6.15. The Morgan fingerprint density at radius 3 is 2.74 bits per heavy atom. The van der Waals surface area contributed by atoms with Crippen LogP contribution in [-0.2, 0) is 23.1 Å². The SMILES string of the molecule is Cn1c(Cc2csc(NC(=O)C3CCCN3C(=O)O)n2)nnc1SCC(=O)NC1CCCCC1. The Bertz CT molecular complexity index is 1030. The third kappa shape index (κ3) is 6.06. The van der Waals surface area contributed by atoms with Gasteiger partial charge in [0.25, 0.3) is 0 Å². The highest BCUT2D eigenvalue weighted by atomic mass is 32.2. The lowest BCUT2D eigenvalue weighted by molar-refractivity contribution is -0.120. The Hall–Kier alpha value is -2.67. The van der Waals surface area contributed by atoms with Crippen LogP contribution in [0.25, 0.3) is 0 Å². The van der Waals surface area contributed by atoms with E-state index in [4.69, 9.17) is 0 Å². The minimum atomic E-state index is -1.08. The molecule has 4 rings (SSSR count). The van der Waals surface area contributed by atoms with Gasteiger partial charge in [-0.3, -0.25) is 14.5 Å². The summed E-state index contributed by atoms with van der Waals surface area (Å²) in [6, 6.07) is -0.393. The highest BCUT2D eigenvalue weighted by Crippen LogP contribution is 2.23. The number of carbonyl (C=O) groups excluding carboxylic acids is 2. The number of carbonyl (C=O) groups is 3. The van der Waals surface area contributed by atoms with Gasteiger partial charge in [0.2, 0.25) is 11.8 Å². The molecular weight excluding hydrogens is 478 g/mol. The number of rotatable bonds is 8. The lowest BCUT2D eigenvalue weighted by atomic mass is 9.95. The van der Waals surface area contributed by atoms with E-state index in [0.29, 0.717) is 47.7 Å². The van der Waals surface area contributed by atoms with Crippen molar-refractivity contribution in [3.05, 3.63) is 16.9 Å². The van der Waals surface area contributed by atoms with Crippen LogP contribution in [0.3, 0.4) is 0 Å². The van der Waals surface area contributed by atoms with Gasteiger partial charge in [-0.2, -0.15) is 0 Å². The van der Waals surface area contributed by atoms with Crippen LogP contribution in [-0.4, -0.2) is 72.0 Å². The summed E-state index contributed by atoms with van der Waals surface area (Å²) in [6.07, 6.45) is 6.23. The first-order valence-corrected chi connectivity index (χ1v) is 13.3. The van der Waals surface area contributed by atoms with E-state index >= 15 is 0 Å². The molecule has 1 aliphatic heterocycles. The Labute approximate surface area is 205 Å². The van der Waals surface area contributed by atoms with Gasteiger partial charge in [-0.25, -0.2) is 9.78 Å². The summed E-state index contributed by atoms with van der Waals surface area (Å²) >= 11 is 2.64. The van der Waals surface area contributed by atoms with Crippen LogP contribution in [0, 0.1) is 0 Å². The van der Waals surface area contributed by atoms with Gasteiger partial charge in [0.15, 0.2) is 10.3 Å². The van der Waals surface area contributed by atoms with Crippen molar-refractivity contribution in [1.29, 1.82) is 0 Å².